The quantitative estimate of drug-likeness (QED) is 0.405. The van der Waals surface area contributed by atoms with Crippen molar-refractivity contribution in [2.75, 3.05) is 34.4 Å². The third kappa shape index (κ3) is 5.39. The second kappa shape index (κ2) is 10.6. The largest absolute Gasteiger partial charge is 0.493 e. The van der Waals surface area contributed by atoms with E-state index < -0.39 is 0 Å². The third-order valence-corrected chi connectivity index (χ3v) is 4.89. The van der Waals surface area contributed by atoms with E-state index in [1.54, 1.807) is 21.3 Å². The highest BCUT2D eigenvalue weighted by atomic mass is 16.5. The first-order chi connectivity index (χ1) is 15.1. The molecule has 8 nitrogen and oxygen atoms in total. The average Bonchev–Trinajstić information content (AvgIpc) is 3.21. The molecule has 0 unspecified atom stereocenters. The number of imidazole rings is 1. The molecule has 2 N–H and O–H groups in total. The molecule has 0 aliphatic rings. The lowest BCUT2D eigenvalue weighted by molar-refractivity contribution is 0.324. The molecule has 3 rings (SSSR count). The Kier molecular flexibility index (Phi) is 7.59. The fraction of sp³-hybridized carbons (Fsp3) is 0.391. The number of methoxy groups -OCH3 is 3. The van der Waals surface area contributed by atoms with E-state index in [1.165, 1.54) is 5.56 Å². The fourth-order valence-electron chi connectivity index (χ4n) is 3.37. The van der Waals surface area contributed by atoms with Gasteiger partial charge in [-0.3, -0.25) is 0 Å². The molecule has 0 spiro atoms. The van der Waals surface area contributed by atoms with Crippen molar-refractivity contribution in [2.45, 2.75) is 26.8 Å². The number of nitrogens with one attached hydrogen (secondary N) is 2. The van der Waals surface area contributed by atoms with Gasteiger partial charge in [-0.15, -0.1) is 0 Å². The van der Waals surface area contributed by atoms with Gasteiger partial charge in [-0.1, -0.05) is 6.07 Å². The monoisotopic (exact) mass is 425 g/mol. The minimum atomic E-state index is 0.472. The Bertz CT molecular complexity index is 1020. The van der Waals surface area contributed by atoms with Crippen LogP contribution >= 0.6 is 0 Å². The summed E-state index contributed by atoms with van der Waals surface area (Å²) in [6.07, 6.45) is 4.90. The maximum Gasteiger partial charge on any atom is 0.203 e. The number of hydrogen-bond donors (Lipinski definition) is 2. The number of fused-ring (bicyclic) bond motifs is 1. The first-order valence-corrected chi connectivity index (χ1v) is 10.3. The van der Waals surface area contributed by atoms with Crippen LogP contribution in [-0.4, -0.2) is 49.8 Å². The van der Waals surface area contributed by atoms with Crippen molar-refractivity contribution in [1.82, 2.24) is 20.0 Å². The minimum Gasteiger partial charge on any atom is -0.493 e. The van der Waals surface area contributed by atoms with Crippen LogP contribution in [0.3, 0.4) is 0 Å². The molecule has 0 saturated heterocycles. The zero-order valence-electron chi connectivity index (χ0n) is 18.9. The van der Waals surface area contributed by atoms with Crippen LogP contribution in [0.25, 0.3) is 5.65 Å². The normalized spacial score (nSPS) is 11.5. The number of aryl methyl sites for hydroxylation is 1. The molecule has 8 heteroatoms. The highest BCUT2D eigenvalue weighted by Crippen LogP contribution is 2.38. The maximum absolute atomic E-state index is 5.43. The van der Waals surface area contributed by atoms with Gasteiger partial charge in [0.1, 0.15) is 5.65 Å². The Balaban J connectivity index is 1.66. The molecule has 31 heavy (non-hydrogen) atoms. The van der Waals surface area contributed by atoms with E-state index in [2.05, 4.69) is 34.2 Å². The minimum absolute atomic E-state index is 0.472. The number of nitrogens with zero attached hydrogens (tertiary/aromatic N) is 3. The van der Waals surface area contributed by atoms with Crippen molar-refractivity contribution in [3.63, 3.8) is 0 Å². The fourth-order valence-corrected chi connectivity index (χ4v) is 3.37. The number of aromatic nitrogens is 2. The van der Waals surface area contributed by atoms with E-state index in [0.717, 1.165) is 42.4 Å². The number of ether oxygens (including phenoxy) is 3. The van der Waals surface area contributed by atoms with E-state index >= 15 is 0 Å². The molecule has 0 amide bonds. The number of pyridine rings is 1. The van der Waals surface area contributed by atoms with E-state index in [4.69, 9.17) is 24.2 Å². The number of benzene rings is 1. The lowest BCUT2D eigenvalue weighted by atomic mass is 10.2. The van der Waals surface area contributed by atoms with Gasteiger partial charge in [0.2, 0.25) is 5.75 Å². The molecule has 0 aliphatic carbocycles. The zero-order valence-corrected chi connectivity index (χ0v) is 18.9. The Labute approximate surface area is 183 Å². The lowest BCUT2D eigenvalue weighted by Gasteiger charge is -2.14. The summed E-state index contributed by atoms with van der Waals surface area (Å²) in [4.78, 5) is 9.42. The molecule has 0 saturated carbocycles. The highest BCUT2D eigenvalue weighted by Gasteiger charge is 2.13. The van der Waals surface area contributed by atoms with Gasteiger partial charge in [-0.25, -0.2) is 9.98 Å². The second-order valence-corrected chi connectivity index (χ2v) is 7.06. The predicted molar refractivity (Wildman–Crippen MR) is 123 cm³/mol. The molecule has 0 radical (unpaired) electrons. The van der Waals surface area contributed by atoms with Crippen LogP contribution in [0.2, 0.25) is 0 Å². The molecule has 0 aliphatic heterocycles. The zero-order chi connectivity index (χ0) is 22.2. The van der Waals surface area contributed by atoms with Gasteiger partial charge in [0.05, 0.1) is 33.6 Å². The van der Waals surface area contributed by atoms with Gasteiger partial charge in [0, 0.05) is 31.9 Å². The van der Waals surface area contributed by atoms with Crippen LogP contribution in [0.5, 0.6) is 17.2 Å². The first-order valence-electron chi connectivity index (χ1n) is 10.3. The predicted octanol–water partition coefficient (Wildman–Crippen LogP) is 2.97. The summed E-state index contributed by atoms with van der Waals surface area (Å²) in [6.45, 7) is 6.09. The summed E-state index contributed by atoms with van der Waals surface area (Å²) < 4.78 is 18.3. The third-order valence-electron chi connectivity index (χ3n) is 4.89. The summed E-state index contributed by atoms with van der Waals surface area (Å²) >= 11 is 0. The van der Waals surface area contributed by atoms with Crippen molar-refractivity contribution in [3.05, 3.63) is 53.5 Å². The summed E-state index contributed by atoms with van der Waals surface area (Å²) in [7, 11) is 4.81. The van der Waals surface area contributed by atoms with Crippen LogP contribution in [0, 0.1) is 6.92 Å². The molecule has 3 aromatic rings. The van der Waals surface area contributed by atoms with Gasteiger partial charge >= 0.3 is 0 Å². The van der Waals surface area contributed by atoms with Crippen molar-refractivity contribution < 1.29 is 14.2 Å². The number of guanidine groups is 1. The topological polar surface area (TPSA) is 81.4 Å². The van der Waals surface area contributed by atoms with E-state index in [1.807, 2.05) is 31.3 Å². The molecular weight excluding hydrogens is 394 g/mol. The van der Waals surface area contributed by atoms with Crippen molar-refractivity contribution in [1.29, 1.82) is 0 Å². The van der Waals surface area contributed by atoms with Crippen LogP contribution in [0.4, 0.5) is 0 Å². The Morgan fingerprint density at radius 2 is 1.84 bits per heavy atom. The van der Waals surface area contributed by atoms with Gasteiger partial charge in [-0.2, -0.15) is 0 Å². The Morgan fingerprint density at radius 1 is 1.10 bits per heavy atom. The van der Waals surface area contributed by atoms with Gasteiger partial charge < -0.3 is 29.2 Å². The van der Waals surface area contributed by atoms with Crippen molar-refractivity contribution >= 4 is 11.6 Å². The molecular formula is C23H31N5O3. The molecule has 2 heterocycles. The van der Waals surface area contributed by atoms with Crippen LogP contribution in [-0.2, 0) is 13.0 Å². The summed E-state index contributed by atoms with van der Waals surface area (Å²) in [6, 6.07) is 7.93. The number of aliphatic imine (C=N–C) groups is 1. The Hall–Kier alpha value is -3.42. The SMILES string of the molecule is CCNC(=NCc1cc(OC)c(OC)c(OC)c1)NCCc1cn2cccc(C)c2n1. The molecule has 0 fully saturated rings. The van der Waals surface area contributed by atoms with Crippen LogP contribution < -0.4 is 24.8 Å². The summed E-state index contributed by atoms with van der Waals surface area (Å²) in [5, 5.41) is 6.66. The maximum atomic E-state index is 5.43. The van der Waals surface area contributed by atoms with E-state index in [0.29, 0.717) is 23.8 Å². The van der Waals surface area contributed by atoms with Crippen molar-refractivity contribution in [3.8, 4) is 17.2 Å². The number of rotatable bonds is 9. The molecule has 166 valence electrons. The smallest absolute Gasteiger partial charge is 0.203 e. The molecule has 0 atom stereocenters. The molecule has 0 bridgehead atoms. The van der Waals surface area contributed by atoms with Gasteiger partial charge in [0.15, 0.2) is 17.5 Å². The standard InChI is InChI=1S/C23H31N5O3/c1-6-24-23(25-10-9-18-15-28-11-7-8-16(2)22(28)27-18)26-14-17-12-19(29-3)21(31-5)20(13-17)30-4/h7-8,11-13,15H,6,9-10,14H2,1-5H3,(H2,24,25,26). The molecule has 1 aromatic carbocycles. The highest BCUT2D eigenvalue weighted by molar-refractivity contribution is 5.79. The van der Waals surface area contributed by atoms with E-state index in [9.17, 15) is 0 Å². The summed E-state index contributed by atoms with van der Waals surface area (Å²) in [5.41, 5.74) is 4.17. The first kappa shape index (κ1) is 22.3. The van der Waals surface area contributed by atoms with E-state index in [-0.39, 0.29) is 0 Å². The van der Waals surface area contributed by atoms with Gasteiger partial charge in [0.25, 0.3) is 0 Å². The second-order valence-electron chi connectivity index (χ2n) is 7.06. The Morgan fingerprint density at radius 3 is 2.45 bits per heavy atom. The molecule has 2 aromatic heterocycles. The van der Waals surface area contributed by atoms with Crippen LogP contribution in [0.15, 0.2) is 41.7 Å². The van der Waals surface area contributed by atoms with Gasteiger partial charge in [-0.05, 0) is 43.2 Å². The van der Waals surface area contributed by atoms with Crippen LogP contribution in [0.1, 0.15) is 23.7 Å². The van der Waals surface area contributed by atoms with Crippen molar-refractivity contribution in [2.24, 2.45) is 4.99 Å². The lowest BCUT2D eigenvalue weighted by Crippen LogP contribution is -2.38. The average molecular weight is 426 g/mol. The summed E-state index contributed by atoms with van der Waals surface area (Å²) in [5.74, 6) is 2.56. The number of hydrogen-bond acceptors (Lipinski definition) is 5.